The first-order chi connectivity index (χ1) is 9.24. The summed E-state index contributed by atoms with van der Waals surface area (Å²) in [7, 11) is 0. The second-order valence-corrected chi connectivity index (χ2v) is 5.19. The van der Waals surface area contributed by atoms with Crippen molar-refractivity contribution >= 4 is 11.5 Å². The highest BCUT2D eigenvalue weighted by Crippen LogP contribution is 2.28. The molecular formula is C17H17NO. The molecule has 0 aliphatic heterocycles. The summed E-state index contributed by atoms with van der Waals surface area (Å²) in [5, 5.41) is 0. The minimum atomic E-state index is 0.110. The topological polar surface area (TPSA) is 43.1 Å². The van der Waals surface area contributed by atoms with Crippen LogP contribution in [-0.2, 0) is 12.8 Å². The van der Waals surface area contributed by atoms with Crippen LogP contribution in [0, 0.1) is 5.92 Å². The van der Waals surface area contributed by atoms with Crippen molar-refractivity contribution in [2.75, 3.05) is 5.73 Å². The number of carbonyl (C=O) groups is 1. The molecule has 96 valence electrons. The number of aryl methyl sites for hydroxylation is 1. The average molecular weight is 251 g/mol. The van der Waals surface area contributed by atoms with Crippen molar-refractivity contribution in [3.8, 4) is 0 Å². The molecule has 0 heterocycles. The van der Waals surface area contributed by atoms with E-state index in [9.17, 15) is 4.79 Å². The van der Waals surface area contributed by atoms with Crippen LogP contribution in [0.15, 0.2) is 48.5 Å². The molecule has 0 spiro atoms. The van der Waals surface area contributed by atoms with Crippen LogP contribution >= 0.6 is 0 Å². The first-order valence-corrected chi connectivity index (χ1v) is 6.70. The summed E-state index contributed by atoms with van der Waals surface area (Å²) in [5.74, 6) is 0.355. The Hall–Kier alpha value is -2.09. The van der Waals surface area contributed by atoms with E-state index in [4.69, 9.17) is 5.73 Å². The van der Waals surface area contributed by atoms with Crippen molar-refractivity contribution in [3.05, 3.63) is 65.2 Å². The predicted molar refractivity (Wildman–Crippen MR) is 77.1 cm³/mol. The van der Waals surface area contributed by atoms with E-state index in [0.29, 0.717) is 5.69 Å². The van der Waals surface area contributed by atoms with Crippen LogP contribution in [0.25, 0.3) is 0 Å². The molecule has 1 unspecified atom stereocenters. The Morgan fingerprint density at radius 3 is 2.42 bits per heavy atom. The fraction of sp³-hybridized carbons (Fsp3) is 0.235. The third-order valence-corrected chi connectivity index (χ3v) is 3.91. The van der Waals surface area contributed by atoms with Crippen molar-refractivity contribution < 1.29 is 4.79 Å². The molecule has 0 radical (unpaired) electrons. The van der Waals surface area contributed by atoms with Gasteiger partial charge in [-0.3, -0.25) is 4.79 Å². The maximum Gasteiger partial charge on any atom is 0.166 e. The molecule has 0 bridgehead atoms. The van der Waals surface area contributed by atoms with Crippen molar-refractivity contribution in [1.82, 2.24) is 0 Å². The lowest BCUT2D eigenvalue weighted by Crippen LogP contribution is -2.22. The smallest absolute Gasteiger partial charge is 0.166 e. The minimum Gasteiger partial charge on any atom is -0.399 e. The van der Waals surface area contributed by atoms with Crippen LogP contribution in [0.4, 0.5) is 5.69 Å². The van der Waals surface area contributed by atoms with Gasteiger partial charge in [0.1, 0.15) is 0 Å². The van der Waals surface area contributed by atoms with E-state index in [1.807, 2.05) is 12.1 Å². The van der Waals surface area contributed by atoms with Crippen LogP contribution in [0.1, 0.15) is 27.9 Å². The molecule has 2 aromatic carbocycles. The molecule has 0 aromatic heterocycles. The number of Topliss-reactive ketones (excluding diaryl/α,β-unsaturated/α-hetero) is 1. The van der Waals surface area contributed by atoms with E-state index < -0.39 is 0 Å². The average Bonchev–Trinajstić information content (AvgIpc) is 2.47. The summed E-state index contributed by atoms with van der Waals surface area (Å²) in [6, 6.07) is 15.7. The minimum absolute atomic E-state index is 0.110. The Labute approximate surface area is 113 Å². The zero-order valence-electron chi connectivity index (χ0n) is 10.8. The highest BCUT2D eigenvalue weighted by molar-refractivity contribution is 5.98. The Morgan fingerprint density at radius 2 is 1.68 bits per heavy atom. The van der Waals surface area contributed by atoms with Gasteiger partial charge in [0, 0.05) is 17.2 Å². The van der Waals surface area contributed by atoms with Crippen molar-refractivity contribution in [2.45, 2.75) is 19.3 Å². The monoisotopic (exact) mass is 251 g/mol. The van der Waals surface area contributed by atoms with Gasteiger partial charge < -0.3 is 5.73 Å². The zero-order valence-corrected chi connectivity index (χ0v) is 10.8. The van der Waals surface area contributed by atoms with Gasteiger partial charge in [0.05, 0.1) is 0 Å². The molecule has 0 saturated heterocycles. The molecule has 2 heteroatoms. The highest BCUT2D eigenvalue weighted by atomic mass is 16.1. The predicted octanol–water partition coefficient (Wildman–Crippen LogP) is 3.26. The van der Waals surface area contributed by atoms with Gasteiger partial charge in [-0.25, -0.2) is 0 Å². The number of hydrogen-bond acceptors (Lipinski definition) is 2. The summed E-state index contributed by atoms with van der Waals surface area (Å²) in [5.41, 5.74) is 9.85. The summed E-state index contributed by atoms with van der Waals surface area (Å²) in [6.45, 7) is 0. The van der Waals surface area contributed by atoms with Crippen molar-refractivity contribution in [3.63, 3.8) is 0 Å². The Kier molecular flexibility index (Phi) is 3.08. The maximum atomic E-state index is 12.5. The molecule has 2 N–H and O–H groups in total. The van der Waals surface area contributed by atoms with Gasteiger partial charge in [0.2, 0.25) is 0 Å². The van der Waals surface area contributed by atoms with Crippen molar-refractivity contribution in [2.24, 2.45) is 5.92 Å². The van der Waals surface area contributed by atoms with Gasteiger partial charge in [-0.05, 0) is 54.7 Å². The van der Waals surface area contributed by atoms with E-state index in [1.54, 1.807) is 12.1 Å². The number of nitrogen functional groups attached to an aromatic ring is 1. The fourth-order valence-corrected chi connectivity index (χ4v) is 2.80. The molecule has 19 heavy (non-hydrogen) atoms. The molecule has 3 rings (SSSR count). The molecule has 1 aliphatic rings. The standard InChI is InChI=1S/C17H17NO/c18-16-9-7-13(8-10-16)17(19)15-6-5-12-3-1-2-4-14(12)11-15/h1-4,7-10,15H,5-6,11,18H2. The van der Waals surface area contributed by atoms with Gasteiger partial charge in [-0.15, -0.1) is 0 Å². The molecule has 0 amide bonds. The lowest BCUT2D eigenvalue weighted by Gasteiger charge is -2.23. The first-order valence-electron chi connectivity index (χ1n) is 6.70. The van der Waals surface area contributed by atoms with Gasteiger partial charge in [0.15, 0.2) is 5.78 Å². The van der Waals surface area contributed by atoms with E-state index in [-0.39, 0.29) is 11.7 Å². The number of benzene rings is 2. The number of ketones is 1. The fourth-order valence-electron chi connectivity index (χ4n) is 2.80. The summed E-state index contributed by atoms with van der Waals surface area (Å²) >= 11 is 0. The summed E-state index contributed by atoms with van der Waals surface area (Å²) in [6.07, 6.45) is 2.81. The largest absolute Gasteiger partial charge is 0.399 e. The van der Waals surface area contributed by atoms with Crippen LogP contribution < -0.4 is 5.73 Å². The first kappa shape index (κ1) is 12.0. The zero-order chi connectivity index (χ0) is 13.2. The Balaban J connectivity index is 1.81. The third kappa shape index (κ3) is 2.39. The lowest BCUT2D eigenvalue weighted by molar-refractivity contribution is 0.0909. The lowest BCUT2D eigenvalue weighted by atomic mass is 9.80. The van der Waals surface area contributed by atoms with Gasteiger partial charge in [-0.2, -0.15) is 0 Å². The Morgan fingerprint density at radius 1 is 1.00 bits per heavy atom. The molecule has 2 nitrogen and oxygen atoms in total. The maximum absolute atomic E-state index is 12.5. The van der Waals surface area contributed by atoms with Gasteiger partial charge in [0.25, 0.3) is 0 Å². The second kappa shape index (κ2) is 4.88. The van der Waals surface area contributed by atoms with Gasteiger partial charge >= 0.3 is 0 Å². The van der Waals surface area contributed by atoms with E-state index >= 15 is 0 Å². The van der Waals surface area contributed by atoms with Crippen LogP contribution in [0.2, 0.25) is 0 Å². The summed E-state index contributed by atoms with van der Waals surface area (Å²) < 4.78 is 0. The van der Waals surface area contributed by atoms with Gasteiger partial charge in [-0.1, -0.05) is 24.3 Å². The quantitative estimate of drug-likeness (QED) is 0.657. The molecule has 2 aromatic rings. The molecular weight excluding hydrogens is 234 g/mol. The van der Waals surface area contributed by atoms with Crippen LogP contribution in [-0.4, -0.2) is 5.78 Å². The number of rotatable bonds is 2. The van der Waals surface area contributed by atoms with Crippen LogP contribution in [0.3, 0.4) is 0 Å². The number of anilines is 1. The van der Waals surface area contributed by atoms with Crippen LogP contribution in [0.5, 0.6) is 0 Å². The molecule has 0 fully saturated rings. The molecule has 0 saturated carbocycles. The van der Waals surface area contributed by atoms with E-state index in [0.717, 1.165) is 24.8 Å². The number of fused-ring (bicyclic) bond motifs is 1. The SMILES string of the molecule is Nc1ccc(C(=O)C2CCc3ccccc3C2)cc1. The van der Waals surface area contributed by atoms with Crippen molar-refractivity contribution in [1.29, 1.82) is 0 Å². The Bertz CT molecular complexity index is 601. The highest BCUT2D eigenvalue weighted by Gasteiger charge is 2.25. The van der Waals surface area contributed by atoms with E-state index in [1.165, 1.54) is 11.1 Å². The third-order valence-electron chi connectivity index (χ3n) is 3.91. The second-order valence-electron chi connectivity index (χ2n) is 5.19. The number of nitrogens with two attached hydrogens (primary N) is 1. The number of carbonyl (C=O) groups excluding carboxylic acids is 1. The normalized spacial score (nSPS) is 17.8. The van der Waals surface area contributed by atoms with E-state index in [2.05, 4.69) is 24.3 Å². The number of hydrogen-bond donors (Lipinski definition) is 1. The molecule has 1 aliphatic carbocycles. The molecule has 1 atom stereocenters. The summed E-state index contributed by atoms with van der Waals surface area (Å²) in [4.78, 5) is 12.5.